The van der Waals surface area contributed by atoms with Crippen molar-refractivity contribution in [3.05, 3.63) is 35.6 Å². The third kappa shape index (κ3) is 4.30. The third-order valence-corrected chi connectivity index (χ3v) is 4.99. The summed E-state index contributed by atoms with van der Waals surface area (Å²) in [5.41, 5.74) is 7.32. The summed E-state index contributed by atoms with van der Waals surface area (Å²) in [7, 11) is 0. The molecule has 1 atom stereocenters. The number of amides is 1. The van der Waals surface area contributed by atoms with Crippen LogP contribution in [0.4, 0.5) is 4.39 Å². The van der Waals surface area contributed by atoms with Crippen LogP contribution in [-0.4, -0.2) is 30.4 Å². The van der Waals surface area contributed by atoms with Crippen molar-refractivity contribution in [1.82, 2.24) is 15.8 Å². The molecule has 126 valence electrons. The summed E-state index contributed by atoms with van der Waals surface area (Å²) in [5, 5.41) is 0. The number of hydrogen-bond acceptors (Lipinski definition) is 3. The lowest BCUT2D eigenvalue weighted by Gasteiger charge is -2.36. The molecule has 0 saturated carbocycles. The van der Waals surface area contributed by atoms with E-state index in [0.717, 1.165) is 57.3 Å². The molecule has 1 unspecified atom stereocenters. The Kier molecular flexibility index (Phi) is 5.62. The minimum atomic E-state index is -0.221. The largest absolute Gasteiger partial charge is 0.336 e. The summed E-state index contributed by atoms with van der Waals surface area (Å²) in [6, 6.07) is 6.74. The Morgan fingerprint density at radius 1 is 1.17 bits per heavy atom. The monoisotopic (exact) mass is 319 g/mol. The van der Waals surface area contributed by atoms with Crippen LogP contribution >= 0.6 is 0 Å². The number of piperidine rings is 1. The van der Waals surface area contributed by atoms with Crippen molar-refractivity contribution in [2.75, 3.05) is 19.6 Å². The van der Waals surface area contributed by atoms with Crippen molar-refractivity contribution in [3.8, 4) is 0 Å². The highest BCUT2D eigenvalue weighted by Gasteiger charge is 2.27. The molecule has 3 rings (SSSR count). The van der Waals surface area contributed by atoms with Crippen LogP contribution in [0.25, 0.3) is 0 Å². The Hall–Kier alpha value is -1.46. The van der Waals surface area contributed by atoms with Gasteiger partial charge >= 0.3 is 0 Å². The maximum atomic E-state index is 13.1. The summed E-state index contributed by atoms with van der Waals surface area (Å²) in [6.07, 6.45) is 5.83. The van der Waals surface area contributed by atoms with Gasteiger partial charge in [0.15, 0.2) is 0 Å². The van der Waals surface area contributed by atoms with E-state index in [1.807, 2.05) is 17.0 Å². The fourth-order valence-electron chi connectivity index (χ4n) is 3.66. The minimum Gasteiger partial charge on any atom is -0.336 e. The highest BCUT2D eigenvalue weighted by atomic mass is 19.1. The van der Waals surface area contributed by atoms with E-state index in [2.05, 4.69) is 10.9 Å². The summed E-state index contributed by atoms with van der Waals surface area (Å²) >= 11 is 0. The lowest BCUT2D eigenvalue weighted by Crippen LogP contribution is -2.38. The number of carbonyl (C=O) groups excluding carboxylic acids is 1. The molecule has 1 amide bonds. The second-order valence-electron chi connectivity index (χ2n) is 6.67. The van der Waals surface area contributed by atoms with Gasteiger partial charge in [0, 0.05) is 26.1 Å². The standard InChI is InChI=1S/C18H26FN3O/c19-16-9-7-15(8-10-16)17-5-1-2-11-22(17)18(23)6-3-4-14-12-20-21-13-14/h7-10,14,17,20-21H,1-6,11-13H2. The molecule has 2 N–H and O–H groups in total. The van der Waals surface area contributed by atoms with Gasteiger partial charge in [-0.1, -0.05) is 12.1 Å². The van der Waals surface area contributed by atoms with Crippen LogP contribution in [0.3, 0.4) is 0 Å². The lowest BCUT2D eigenvalue weighted by atomic mass is 9.94. The highest BCUT2D eigenvalue weighted by Crippen LogP contribution is 2.31. The maximum Gasteiger partial charge on any atom is 0.223 e. The molecule has 1 aromatic carbocycles. The van der Waals surface area contributed by atoms with Gasteiger partial charge in [0.05, 0.1) is 6.04 Å². The fourth-order valence-corrected chi connectivity index (χ4v) is 3.66. The number of nitrogens with zero attached hydrogens (tertiary/aromatic N) is 1. The quantitative estimate of drug-likeness (QED) is 0.877. The Morgan fingerprint density at radius 3 is 2.65 bits per heavy atom. The summed E-state index contributed by atoms with van der Waals surface area (Å²) in [6.45, 7) is 2.82. The average molecular weight is 319 g/mol. The number of halogens is 1. The van der Waals surface area contributed by atoms with Crippen LogP contribution in [0.5, 0.6) is 0 Å². The first-order valence-electron chi connectivity index (χ1n) is 8.74. The topological polar surface area (TPSA) is 44.4 Å². The van der Waals surface area contributed by atoms with Crippen molar-refractivity contribution < 1.29 is 9.18 Å². The molecule has 0 spiro atoms. The Balaban J connectivity index is 1.56. The van der Waals surface area contributed by atoms with E-state index < -0.39 is 0 Å². The molecule has 2 aliphatic heterocycles. The number of carbonyl (C=O) groups is 1. The minimum absolute atomic E-state index is 0.117. The lowest BCUT2D eigenvalue weighted by molar-refractivity contribution is -0.135. The van der Waals surface area contributed by atoms with Crippen LogP contribution in [0.15, 0.2) is 24.3 Å². The number of hydrogen-bond donors (Lipinski definition) is 2. The van der Waals surface area contributed by atoms with Gasteiger partial charge in [0.25, 0.3) is 0 Å². The molecule has 2 aliphatic rings. The van der Waals surface area contributed by atoms with Crippen molar-refractivity contribution in [2.24, 2.45) is 5.92 Å². The van der Waals surface area contributed by atoms with Crippen LogP contribution in [-0.2, 0) is 4.79 Å². The molecule has 0 aromatic heterocycles. The summed E-state index contributed by atoms with van der Waals surface area (Å²) < 4.78 is 13.1. The Bertz CT molecular complexity index is 514. The molecule has 5 heteroatoms. The number of likely N-dealkylation sites (tertiary alicyclic amines) is 1. The molecular weight excluding hydrogens is 293 g/mol. The van der Waals surface area contributed by atoms with Gasteiger partial charge in [0.2, 0.25) is 5.91 Å². The predicted octanol–water partition coefficient (Wildman–Crippen LogP) is 2.77. The van der Waals surface area contributed by atoms with E-state index >= 15 is 0 Å². The zero-order valence-corrected chi connectivity index (χ0v) is 13.6. The van der Waals surface area contributed by atoms with Gasteiger partial charge in [-0.15, -0.1) is 0 Å². The fraction of sp³-hybridized carbons (Fsp3) is 0.611. The van der Waals surface area contributed by atoms with E-state index in [9.17, 15) is 9.18 Å². The zero-order valence-electron chi connectivity index (χ0n) is 13.6. The van der Waals surface area contributed by atoms with Gasteiger partial charge < -0.3 is 4.90 Å². The van der Waals surface area contributed by atoms with Crippen molar-refractivity contribution in [3.63, 3.8) is 0 Å². The molecule has 2 saturated heterocycles. The van der Waals surface area contributed by atoms with Gasteiger partial charge in [0.1, 0.15) is 5.82 Å². The average Bonchev–Trinajstić information content (AvgIpc) is 3.09. The van der Waals surface area contributed by atoms with Crippen LogP contribution < -0.4 is 10.9 Å². The second kappa shape index (κ2) is 7.88. The molecule has 2 heterocycles. The first-order valence-corrected chi connectivity index (χ1v) is 8.74. The van der Waals surface area contributed by atoms with Crippen LogP contribution in [0, 0.1) is 11.7 Å². The van der Waals surface area contributed by atoms with Crippen molar-refractivity contribution >= 4 is 5.91 Å². The summed E-state index contributed by atoms with van der Waals surface area (Å²) in [5.74, 6) is 0.663. The van der Waals surface area contributed by atoms with Crippen molar-refractivity contribution in [2.45, 2.75) is 44.6 Å². The Morgan fingerprint density at radius 2 is 1.91 bits per heavy atom. The van der Waals surface area contributed by atoms with E-state index in [1.165, 1.54) is 12.1 Å². The Labute approximate surface area is 137 Å². The molecule has 2 fully saturated rings. The third-order valence-electron chi connectivity index (χ3n) is 4.99. The van der Waals surface area contributed by atoms with Crippen LogP contribution in [0.2, 0.25) is 0 Å². The first-order chi connectivity index (χ1) is 11.2. The van der Waals surface area contributed by atoms with Gasteiger partial charge in [-0.3, -0.25) is 15.6 Å². The van der Waals surface area contributed by atoms with E-state index in [4.69, 9.17) is 0 Å². The molecule has 1 aromatic rings. The van der Waals surface area contributed by atoms with E-state index in [-0.39, 0.29) is 17.8 Å². The van der Waals surface area contributed by atoms with Crippen LogP contribution in [0.1, 0.15) is 50.1 Å². The molecule has 23 heavy (non-hydrogen) atoms. The SMILES string of the molecule is O=C(CCCC1CNNC1)N1CCCCC1c1ccc(F)cc1. The highest BCUT2D eigenvalue weighted by molar-refractivity contribution is 5.76. The van der Waals surface area contributed by atoms with Crippen molar-refractivity contribution in [1.29, 1.82) is 0 Å². The number of nitrogens with one attached hydrogen (secondary N) is 2. The molecule has 0 radical (unpaired) electrons. The summed E-state index contributed by atoms with van der Waals surface area (Å²) in [4.78, 5) is 14.7. The van der Waals surface area contributed by atoms with E-state index in [0.29, 0.717) is 12.3 Å². The van der Waals surface area contributed by atoms with Gasteiger partial charge in [-0.05, 0) is 55.7 Å². The molecule has 0 aliphatic carbocycles. The number of benzene rings is 1. The predicted molar refractivity (Wildman–Crippen MR) is 88.1 cm³/mol. The van der Waals surface area contributed by atoms with Gasteiger partial charge in [-0.2, -0.15) is 0 Å². The maximum absolute atomic E-state index is 13.1. The smallest absolute Gasteiger partial charge is 0.223 e. The molecular formula is C18H26FN3O. The second-order valence-corrected chi connectivity index (χ2v) is 6.67. The van der Waals surface area contributed by atoms with E-state index in [1.54, 1.807) is 0 Å². The first kappa shape index (κ1) is 16.4. The number of rotatable bonds is 5. The zero-order chi connectivity index (χ0) is 16.1. The molecule has 4 nitrogen and oxygen atoms in total. The normalized spacial score (nSPS) is 22.5. The van der Waals surface area contributed by atoms with Gasteiger partial charge in [-0.25, -0.2) is 4.39 Å². The molecule has 0 bridgehead atoms. The number of hydrazine groups is 1.